The Balaban J connectivity index is 2.23. The molecule has 0 aromatic rings. The molecule has 1 aliphatic rings. The zero-order chi connectivity index (χ0) is 8.97. The summed E-state index contributed by atoms with van der Waals surface area (Å²) in [4.78, 5) is 10.8. The Bertz CT molecular complexity index is 159. The van der Waals surface area contributed by atoms with E-state index in [4.69, 9.17) is 10.5 Å². The second-order valence-corrected chi connectivity index (χ2v) is 3.40. The molecule has 0 amide bonds. The van der Waals surface area contributed by atoms with E-state index in [2.05, 4.69) is 6.92 Å². The zero-order valence-corrected chi connectivity index (χ0v) is 7.58. The van der Waals surface area contributed by atoms with Gasteiger partial charge >= 0.3 is 5.97 Å². The van der Waals surface area contributed by atoms with Crippen molar-refractivity contribution in [2.75, 3.05) is 6.54 Å². The Kier molecular flexibility index (Phi) is 3.53. The summed E-state index contributed by atoms with van der Waals surface area (Å²) in [5.74, 6) is 0.484. The third-order valence-electron chi connectivity index (χ3n) is 2.54. The van der Waals surface area contributed by atoms with Gasteiger partial charge in [0.2, 0.25) is 0 Å². The topological polar surface area (TPSA) is 52.3 Å². The number of esters is 1. The average molecular weight is 171 g/mol. The Morgan fingerprint density at radius 3 is 2.83 bits per heavy atom. The molecule has 0 saturated heterocycles. The number of carbonyl (C=O) groups excluding carboxylic acids is 1. The van der Waals surface area contributed by atoms with Gasteiger partial charge in [0, 0.05) is 0 Å². The molecule has 0 heterocycles. The van der Waals surface area contributed by atoms with Gasteiger partial charge in [0.1, 0.15) is 6.10 Å². The Morgan fingerprint density at radius 1 is 1.58 bits per heavy atom. The predicted octanol–water partition coefficient (Wildman–Crippen LogP) is 1.07. The highest BCUT2D eigenvalue weighted by atomic mass is 16.5. The molecule has 3 heteroatoms. The van der Waals surface area contributed by atoms with Gasteiger partial charge in [-0.2, -0.15) is 0 Å². The molecular weight excluding hydrogens is 154 g/mol. The van der Waals surface area contributed by atoms with Crippen molar-refractivity contribution in [2.24, 2.45) is 11.7 Å². The van der Waals surface area contributed by atoms with Crippen LogP contribution in [0.5, 0.6) is 0 Å². The SMILES string of the molecule is CCC1CCC(OC(=O)CN)C1. The molecule has 0 aromatic carbocycles. The highest BCUT2D eigenvalue weighted by Gasteiger charge is 2.25. The Hall–Kier alpha value is -0.570. The van der Waals surface area contributed by atoms with Crippen LogP contribution < -0.4 is 5.73 Å². The van der Waals surface area contributed by atoms with Crippen molar-refractivity contribution in [3.05, 3.63) is 0 Å². The van der Waals surface area contributed by atoms with E-state index in [0.29, 0.717) is 0 Å². The van der Waals surface area contributed by atoms with Crippen LogP contribution in [0.25, 0.3) is 0 Å². The lowest BCUT2D eigenvalue weighted by molar-refractivity contribution is -0.147. The lowest BCUT2D eigenvalue weighted by atomic mass is 10.1. The summed E-state index contributed by atoms with van der Waals surface area (Å²) in [6.45, 7) is 2.19. The van der Waals surface area contributed by atoms with Crippen molar-refractivity contribution in [2.45, 2.75) is 38.7 Å². The fraction of sp³-hybridized carbons (Fsp3) is 0.889. The minimum Gasteiger partial charge on any atom is -0.461 e. The first-order valence-electron chi connectivity index (χ1n) is 4.65. The minimum absolute atomic E-state index is 0.00723. The Morgan fingerprint density at radius 2 is 2.33 bits per heavy atom. The maximum absolute atomic E-state index is 10.8. The van der Waals surface area contributed by atoms with E-state index in [-0.39, 0.29) is 18.6 Å². The molecule has 1 aliphatic carbocycles. The van der Waals surface area contributed by atoms with Gasteiger partial charge in [-0.05, 0) is 25.2 Å². The van der Waals surface area contributed by atoms with Gasteiger partial charge in [-0.1, -0.05) is 13.3 Å². The van der Waals surface area contributed by atoms with Crippen LogP contribution in [0.2, 0.25) is 0 Å². The van der Waals surface area contributed by atoms with Crippen LogP contribution in [0.15, 0.2) is 0 Å². The normalized spacial score (nSPS) is 28.8. The molecule has 70 valence electrons. The third-order valence-corrected chi connectivity index (χ3v) is 2.54. The van der Waals surface area contributed by atoms with E-state index in [9.17, 15) is 4.79 Å². The number of hydrogen-bond donors (Lipinski definition) is 1. The number of ether oxygens (including phenoxy) is 1. The number of nitrogens with two attached hydrogens (primary N) is 1. The molecule has 0 spiro atoms. The van der Waals surface area contributed by atoms with Gasteiger partial charge in [-0.15, -0.1) is 0 Å². The summed E-state index contributed by atoms with van der Waals surface area (Å²) in [7, 11) is 0. The van der Waals surface area contributed by atoms with Gasteiger partial charge in [0.25, 0.3) is 0 Å². The summed E-state index contributed by atoms with van der Waals surface area (Å²) in [5, 5.41) is 0. The molecule has 0 radical (unpaired) electrons. The third kappa shape index (κ3) is 2.48. The lowest BCUT2D eigenvalue weighted by Crippen LogP contribution is -2.22. The van der Waals surface area contributed by atoms with Gasteiger partial charge in [0.15, 0.2) is 0 Å². The van der Waals surface area contributed by atoms with Gasteiger partial charge in [-0.25, -0.2) is 0 Å². The first kappa shape index (κ1) is 9.52. The molecule has 12 heavy (non-hydrogen) atoms. The molecule has 2 atom stereocenters. The molecule has 0 aromatic heterocycles. The smallest absolute Gasteiger partial charge is 0.319 e. The number of carbonyl (C=O) groups is 1. The average Bonchev–Trinajstić information content (AvgIpc) is 2.52. The van der Waals surface area contributed by atoms with E-state index in [1.807, 2.05) is 0 Å². The number of rotatable bonds is 3. The largest absolute Gasteiger partial charge is 0.461 e. The van der Waals surface area contributed by atoms with Crippen LogP contribution in [-0.4, -0.2) is 18.6 Å². The first-order chi connectivity index (χ1) is 5.76. The van der Waals surface area contributed by atoms with Crippen LogP contribution in [0.3, 0.4) is 0 Å². The maximum Gasteiger partial charge on any atom is 0.319 e. The van der Waals surface area contributed by atoms with Crippen LogP contribution >= 0.6 is 0 Å². The monoisotopic (exact) mass is 171 g/mol. The molecule has 0 aliphatic heterocycles. The van der Waals surface area contributed by atoms with E-state index in [1.54, 1.807) is 0 Å². The summed E-state index contributed by atoms with van der Waals surface area (Å²) < 4.78 is 5.13. The number of hydrogen-bond acceptors (Lipinski definition) is 3. The van der Waals surface area contributed by atoms with Gasteiger partial charge in [0.05, 0.1) is 6.54 Å². The van der Waals surface area contributed by atoms with Crippen molar-refractivity contribution in [1.82, 2.24) is 0 Å². The second-order valence-electron chi connectivity index (χ2n) is 3.40. The molecule has 2 unspecified atom stereocenters. The first-order valence-corrected chi connectivity index (χ1v) is 4.65. The van der Waals surface area contributed by atoms with Crippen LogP contribution in [0.4, 0.5) is 0 Å². The van der Waals surface area contributed by atoms with Crippen molar-refractivity contribution in [3.8, 4) is 0 Å². The standard InChI is InChI=1S/C9H17NO2/c1-2-7-3-4-8(5-7)12-9(11)6-10/h7-8H,2-6,10H2,1H3. The summed E-state index contributed by atoms with van der Waals surface area (Å²) >= 11 is 0. The zero-order valence-electron chi connectivity index (χ0n) is 7.58. The molecular formula is C9H17NO2. The minimum atomic E-state index is -0.267. The fourth-order valence-corrected chi connectivity index (χ4v) is 1.74. The van der Waals surface area contributed by atoms with Crippen molar-refractivity contribution in [1.29, 1.82) is 0 Å². The van der Waals surface area contributed by atoms with Gasteiger partial charge < -0.3 is 10.5 Å². The van der Waals surface area contributed by atoms with Crippen LogP contribution in [-0.2, 0) is 9.53 Å². The Labute approximate surface area is 73.3 Å². The highest BCUT2D eigenvalue weighted by Crippen LogP contribution is 2.29. The fourth-order valence-electron chi connectivity index (χ4n) is 1.74. The molecule has 3 nitrogen and oxygen atoms in total. The predicted molar refractivity (Wildman–Crippen MR) is 46.6 cm³/mol. The van der Waals surface area contributed by atoms with E-state index < -0.39 is 0 Å². The summed E-state index contributed by atoms with van der Waals surface area (Å²) in [5.41, 5.74) is 5.14. The lowest BCUT2D eigenvalue weighted by Gasteiger charge is -2.10. The van der Waals surface area contributed by atoms with E-state index in [0.717, 1.165) is 18.8 Å². The molecule has 0 bridgehead atoms. The quantitative estimate of drug-likeness (QED) is 0.646. The second kappa shape index (κ2) is 4.45. The molecule has 1 saturated carbocycles. The van der Waals surface area contributed by atoms with E-state index in [1.165, 1.54) is 12.8 Å². The van der Waals surface area contributed by atoms with Crippen molar-refractivity contribution >= 4 is 5.97 Å². The van der Waals surface area contributed by atoms with Crippen LogP contribution in [0.1, 0.15) is 32.6 Å². The van der Waals surface area contributed by atoms with Crippen LogP contribution in [0, 0.1) is 5.92 Å². The maximum atomic E-state index is 10.8. The van der Waals surface area contributed by atoms with Crippen molar-refractivity contribution < 1.29 is 9.53 Å². The summed E-state index contributed by atoms with van der Waals surface area (Å²) in [6, 6.07) is 0. The molecule has 1 rings (SSSR count). The van der Waals surface area contributed by atoms with Gasteiger partial charge in [-0.3, -0.25) is 4.79 Å². The summed E-state index contributed by atoms with van der Waals surface area (Å²) in [6.07, 6.45) is 4.58. The van der Waals surface area contributed by atoms with Crippen molar-refractivity contribution in [3.63, 3.8) is 0 Å². The molecule has 1 fully saturated rings. The van der Waals surface area contributed by atoms with E-state index >= 15 is 0 Å². The molecule has 2 N–H and O–H groups in total. The highest BCUT2D eigenvalue weighted by molar-refractivity contribution is 5.71.